The Bertz CT molecular complexity index is 138. The monoisotopic (exact) mass is 156 g/mol. The van der Waals surface area contributed by atoms with E-state index in [9.17, 15) is 4.79 Å². The van der Waals surface area contributed by atoms with Gasteiger partial charge in [0.2, 0.25) is 0 Å². The minimum Gasteiger partial charge on any atom is -0.373 e. The topological polar surface area (TPSA) is 26.3 Å². The van der Waals surface area contributed by atoms with E-state index in [2.05, 4.69) is 0 Å². The van der Waals surface area contributed by atoms with Crippen LogP contribution in [-0.2, 0) is 9.53 Å². The van der Waals surface area contributed by atoms with Crippen molar-refractivity contribution in [2.75, 3.05) is 7.11 Å². The van der Waals surface area contributed by atoms with Crippen molar-refractivity contribution in [2.24, 2.45) is 5.92 Å². The fourth-order valence-corrected chi connectivity index (χ4v) is 1.37. The molecule has 0 radical (unpaired) electrons. The fraction of sp³-hybridized carbons (Fsp3) is 0.889. The second-order valence-corrected chi connectivity index (χ2v) is 3.21. The molecule has 64 valence electrons. The summed E-state index contributed by atoms with van der Waals surface area (Å²) in [6.07, 6.45) is 3.87. The first-order valence-electron chi connectivity index (χ1n) is 4.35. The summed E-state index contributed by atoms with van der Waals surface area (Å²) in [5.41, 5.74) is 0. The van der Waals surface area contributed by atoms with E-state index < -0.39 is 0 Å². The van der Waals surface area contributed by atoms with Crippen LogP contribution in [0.3, 0.4) is 0 Å². The van der Waals surface area contributed by atoms with E-state index in [0.29, 0.717) is 12.3 Å². The van der Waals surface area contributed by atoms with Gasteiger partial charge in [-0.3, -0.25) is 4.79 Å². The number of Topliss-reactive ketones (excluding diaryl/α,β-unsaturated/α-hetero) is 1. The van der Waals surface area contributed by atoms with Crippen LogP contribution in [0.2, 0.25) is 0 Å². The van der Waals surface area contributed by atoms with Crippen LogP contribution < -0.4 is 0 Å². The minimum atomic E-state index is -0.0880. The summed E-state index contributed by atoms with van der Waals surface area (Å²) in [7, 11) is 1.64. The van der Waals surface area contributed by atoms with E-state index in [1.807, 2.05) is 6.92 Å². The van der Waals surface area contributed by atoms with E-state index in [0.717, 1.165) is 6.42 Å². The molecule has 0 aromatic carbocycles. The van der Waals surface area contributed by atoms with Crippen molar-refractivity contribution in [1.29, 1.82) is 0 Å². The van der Waals surface area contributed by atoms with Gasteiger partial charge in [-0.25, -0.2) is 0 Å². The Kier molecular flexibility index (Phi) is 3.06. The third-order valence-electron chi connectivity index (χ3n) is 2.12. The molecular weight excluding hydrogens is 140 g/mol. The van der Waals surface area contributed by atoms with Gasteiger partial charge in [0.15, 0.2) is 5.78 Å². The van der Waals surface area contributed by atoms with Gasteiger partial charge in [-0.15, -0.1) is 0 Å². The fourth-order valence-electron chi connectivity index (χ4n) is 1.37. The van der Waals surface area contributed by atoms with Crippen molar-refractivity contribution in [2.45, 2.75) is 38.7 Å². The molecule has 1 aliphatic carbocycles. The molecule has 1 saturated carbocycles. The molecule has 2 heteroatoms. The second kappa shape index (κ2) is 3.86. The minimum absolute atomic E-state index is 0.0880. The first kappa shape index (κ1) is 8.72. The third-order valence-corrected chi connectivity index (χ3v) is 2.12. The Morgan fingerprint density at radius 1 is 1.64 bits per heavy atom. The van der Waals surface area contributed by atoms with Gasteiger partial charge >= 0.3 is 0 Å². The van der Waals surface area contributed by atoms with Crippen LogP contribution in [0.25, 0.3) is 0 Å². The van der Waals surface area contributed by atoms with Crippen molar-refractivity contribution in [3.05, 3.63) is 0 Å². The Hall–Kier alpha value is -0.370. The first-order valence-corrected chi connectivity index (χ1v) is 4.35. The van der Waals surface area contributed by atoms with Gasteiger partial charge in [0.05, 0.1) is 0 Å². The lowest BCUT2D eigenvalue weighted by Crippen LogP contribution is -2.24. The van der Waals surface area contributed by atoms with Crippen molar-refractivity contribution in [1.82, 2.24) is 0 Å². The molecule has 0 N–H and O–H groups in total. The number of ether oxygens (including phenoxy) is 1. The summed E-state index contributed by atoms with van der Waals surface area (Å²) in [6.45, 7) is 2.03. The summed E-state index contributed by atoms with van der Waals surface area (Å²) in [6, 6.07) is 0. The summed E-state index contributed by atoms with van der Waals surface area (Å²) in [5, 5.41) is 0. The van der Waals surface area contributed by atoms with E-state index in [1.165, 1.54) is 12.8 Å². The molecule has 2 nitrogen and oxygen atoms in total. The molecule has 0 aliphatic heterocycles. The van der Waals surface area contributed by atoms with Crippen LogP contribution in [0.15, 0.2) is 0 Å². The number of carbonyl (C=O) groups excluding carboxylic acids is 1. The van der Waals surface area contributed by atoms with Gasteiger partial charge in [-0.05, 0) is 25.2 Å². The van der Waals surface area contributed by atoms with Crippen molar-refractivity contribution < 1.29 is 9.53 Å². The van der Waals surface area contributed by atoms with Crippen LogP contribution >= 0.6 is 0 Å². The Balaban J connectivity index is 2.33. The molecule has 1 aliphatic rings. The predicted octanol–water partition coefficient (Wildman–Crippen LogP) is 1.78. The van der Waals surface area contributed by atoms with Crippen molar-refractivity contribution in [3.63, 3.8) is 0 Å². The second-order valence-electron chi connectivity index (χ2n) is 3.21. The Morgan fingerprint density at radius 3 is 2.64 bits per heavy atom. The number of carbonyl (C=O) groups is 1. The lowest BCUT2D eigenvalue weighted by molar-refractivity contribution is -0.130. The summed E-state index contributed by atoms with van der Waals surface area (Å²) >= 11 is 0. The zero-order chi connectivity index (χ0) is 8.27. The van der Waals surface area contributed by atoms with Gasteiger partial charge < -0.3 is 4.74 Å². The summed E-state index contributed by atoms with van der Waals surface area (Å²) in [4.78, 5) is 11.3. The molecule has 1 rings (SSSR count). The van der Waals surface area contributed by atoms with Crippen molar-refractivity contribution >= 4 is 5.78 Å². The molecule has 11 heavy (non-hydrogen) atoms. The number of hydrogen-bond donors (Lipinski definition) is 0. The molecule has 0 aromatic rings. The molecule has 0 amide bonds. The lowest BCUT2D eigenvalue weighted by atomic mass is 10.1. The maximum absolute atomic E-state index is 11.3. The Labute approximate surface area is 67.9 Å². The molecule has 1 unspecified atom stereocenters. The first-order chi connectivity index (χ1) is 5.29. The van der Waals surface area contributed by atoms with E-state index in [4.69, 9.17) is 4.74 Å². The quantitative estimate of drug-likeness (QED) is 0.606. The highest BCUT2D eigenvalue weighted by atomic mass is 16.5. The number of methoxy groups -OCH3 is 1. The highest BCUT2D eigenvalue weighted by molar-refractivity contribution is 5.83. The molecule has 0 saturated heterocycles. The smallest absolute Gasteiger partial charge is 0.161 e. The molecule has 0 bridgehead atoms. The summed E-state index contributed by atoms with van der Waals surface area (Å²) < 4.78 is 5.14. The van der Waals surface area contributed by atoms with E-state index in [1.54, 1.807) is 7.11 Å². The number of ketones is 1. The van der Waals surface area contributed by atoms with E-state index in [-0.39, 0.29) is 11.9 Å². The molecule has 0 aromatic heterocycles. The number of hydrogen-bond acceptors (Lipinski definition) is 2. The lowest BCUT2D eigenvalue weighted by Gasteiger charge is -2.11. The van der Waals surface area contributed by atoms with E-state index >= 15 is 0 Å². The van der Waals surface area contributed by atoms with Gasteiger partial charge in [0.25, 0.3) is 0 Å². The molecule has 0 spiro atoms. The SMILES string of the molecule is CCCC(=O)C(OC)C1CC1. The molecule has 1 fully saturated rings. The van der Waals surface area contributed by atoms with Crippen LogP contribution in [0.1, 0.15) is 32.6 Å². The normalized spacial score (nSPS) is 19.8. The average Bonchev–Trinajstić information content (AvgIpc) is 2.73. The van der Waals surface area contributed by atoms with Gasteiger partial charge in [0, 0.05) is 13.5 Å². The predicted molar refractivity (Wildman–Crippen MR) is 43.4 cm³/mol. The van der Waals surface area contributed by atoms with Crippen LogP contribution in [0.5, 0.6) is 0 Å². The zero-order valence-electron chi connectivity index (χ0n) is 7.30. The largest absolute Gasteiger partial charge is 0.373 e. The highest BCUT2D eigenvalue weighted by Gasteiger charge is 2.35. The average molecular weight is 156 g/mol. The maximum atomic E-state index is 11.3. The molecule has 1 atom stereocenters. The van der Waals surface area contributed by atoms with Gasteiger partial charge in [0.1, 0.15) is 6.10 Å². The summed E-state index contributed by atoms with van der Waals surface area (Å²) in [5.74, 6) is 0.830. The third kappa shape index (κ3) is 2.29. The van der Waals surface area contributed by atoms with Gasteiger partial charge in [-0.1, -0.05) is 6.92 Å². The Morgan fingerprint density at radius 2 is 2.27 bits per heavy atom. The highest BCUT2D eigenvalue weighted by Crippen LogP contribution is 2.34. The van der Waals surface area contributed by atoms with Crippen LogP contribution in [0, 0.1) is 5.92 Å². The number of rotatable bonds is 5. The molecule has 0 heterocycles. The van der Waals surface area contributed by atoms with Crippen LogP contribution in [-0.4, -0.2) is 19.0 Å². The van der Waals surface area contributed by atoms with Crippen LogP contribution in [0.4, 0.5) is 0 Å². The standard InChI is InChI=1S/C9H16O2/c1-3-4-8(10)9(11-2)7-5-6-7/h7,9H,3-6H2,1-2H3. The van der Waals surface area contributed by atoms with Gasteiger partial charge in [-0.2, -0.15) is 0 Å². The van der Waals surface area contributed by atoms with Crippen molar-refractivity contribution in [3.8, 4) is 0 Å². The zero-order valence-corrected chi connectivity index (χ0v) is 7.30. The maximum Gasteiger partial charge on any atom is 0.161 e. The molecular formula is C9H16O2.